The average molecular weight is 472 g/mol. The van der Waals surface area contributed by atoms with Crippen LogP contribution < -0.4 is 10.1 Å². The van der Waals surface area contributed by atoms with Gasteiger partial charge in [0.1, 0.15) is 5.75 Å². The van der Waals surface area contributed by atoms with Crippen LogP contribution in [0.1, 0.15) is 36.8 Å². The molecule has 0 saturated carbocycles. The number of sulfonamides is 1. The van der Waals surface area contributed by atoms with Crippen molar-refractivity contribution in [3.8, 4) is 5.75 Å². The zero-order valence-corrected chi connectivity index (χ0v) is 20.0. The van der Waals surface area contributed by atoms with Gasteiger partial charge in [0.15, 0.2) is 0 Å². The number of rotatable bonds is 8. The van der Waals surface area contributed by atoms with Gasteiger partial charge in [-0.3, -0.25) is 9.69 Å². The number of likely N-dealkylation sites (tertiary alicyclic amines) is 1. The molecule has 1 N–H and O–H groups in total. The van der Waals surface area contributed by atoms with Gasteiger partial charge < -0.3 is 10.1 Å². The Morgan fingerprint density at radius 2 is 1.76 bits per heavy atom. The fourth-order valence-corrected chi connectivity index (χ4v) is 6.17. The molecule has 7 nitrogen and oxygen atoms in total. The molecule has 8 heteroatoms. The molecular weight excluding hydrogens is 438 g/mol. The molecule has 2 aliphatic rings. The van der Waals surface area contributed by atoms with E-state index in [1.807, 2.05) is 12.1 Å². The lowest BCUT2D eigenvalue weighted by atomic mass is 9.98. The van der Waals surface area contributed by atoms with Crippen molar-refractivity contribution >= 4 is 15.9 Å². The normalized spacial score (nSPS) is 20.0. The van der Waals surface area contributed by atoms with E-state index in [0.29, 0.717) is 31.7 Å². The van der Waals surface area contributed by atoms with E-state index in [1.54, 1.807) is 31.4 Å². The van der Waals surface area contributed by atoms with Crippen LogP contribution in [0.5, 0.6) is 5.75 Å². The van der Waals surface area contributed by atoms with Crippen molar-refractivity contribution < 1.29 is 17.9 Å². The van der Waals surface area contributed by atoms with Crippen molar-refractivity contribution in [2.45, 2.75) is 43.7 Å². The summed E-state index contributed by atoms with van der Waals surface area (Å²) in [7, 11) is -2.10. The number of amides is 1. The van der Waals surface area contributed by atoms with Gasteiger partial charge in [-0.1, -0.05) is 24.3 Å². The number of hydrogen-bond acceptors (Lipinski definition) is 5. The van der Waals surface area contributed by atoms with Crippen LogP contribution in [0.25, 0.3) is 0 Å². The molecule has 0 bridgehead atoms. The summed E-state index contributed by atoms with van der Waals surface area (Å²) in [6, 6.07) is 14.7. The Hall–Kier alpha value is -2.42. The number of benzene rings is 2. The van der Waals surface area contributed by atoms with Crippen LogP contribution in [0.3, 0.4) is 0 Å². The molecule has 178 valence electrons. The Bertz CT molecular complexity index is 1050. The SMILES string of the molecule is COc1ccc(S(=O)(=O)N2CCC[C@@H](C(=O)NCc3cccc(CN4CCCC4)c3)C2)cc1. The highest BCUT2D eigenvalue weighted by atomic mass is 32.2. The number of piperidine rings is 1. The van der Waals surface area contributed by atoms with Crippen LogP contribution in [0.4, 0.5) is 0 Å². The van der Waals surface area contributed by atoms with Gasteiger partial charge in [0.2, 0.25) is 15.9 Å². The lowest BCUT2D eigenvalue weighted by Gasteiger charge is -2.31. The number of carbonyl (C=O) groups excluding carboxylic acids is 1. The quantitative estimate of drug-likeness (QED) is 0.640. The van der Waals surface area contributed by atoms with Gasteiger partial charge in [-0.2, -0.15) is 4.31 Å². The van der Waals surface area contributed by atoms with Crippen molar-refractivity contribution in [3.63, 3.8) is 0 Å². The van der Waals surface area contributed by atoms with E-state index in [4.69, 9.17) is 4.74 Å². The molecule has 33 heavy (non-hydrogen) atoms. The first-order valence-electron chi connectivity index (χ1n) is 11.7. The second-order valence-corrected chi connectivity index (χ2v) is 10.8. The minimum absolute atomic E-state index is 0.0884. The van der Waals surface area contributed by atoms with Gasteiger partial charge in [0.25, 0.3) is 0 Å². The smallest absolute Gasteiger partial charge is 0.243 e. The Kier molecular flexibility index (Phi) is 7.67. The van der Waals surface area contributed by atoms with Gasteiger partial charge in [0.05, 0.1) is 17.9 Å². The van der Waals surface area contributed by atoms with E-state index in [-0.39, 0.29) is 23.3 Å². The molecule has 1 atom stereocenters. The molecule has 4 rings (SSSR count). The third-order valence-corrected chi connectivity index (χ3v) is 8.39. The first kappa shape index (κ1) is 23.7. The summed E-state index contributed by atoms with van der Waals surface area (Å²) in [5, 5.41) is 3.03. The lowest BCUT2D eigenvalue weighted by Crippen LogP contribution is -2.45. The van der Waals surface area contributed by atoms with Crippen molar-refractivity contribution in [2.75, 3.05) is 33.3 Å². The number of carbonyl (C=O) groups is 1. The maximum absolute atomic E-state index is 13.1. The molecule has 0 aliphatic carbocycles. The molecule has 2 aromatic carbocycles. The van der Waals surface area contributed by atoms with Crippen molar-refractivity contribution in [2.24, 2.45) is 5.92 Å². The molecule has 2 fully saturated rings. The zero-order chi connectivity index (χ0) is 23.3. The highest BCUT2D eigenvalue weighted by molar-refractivity contribution is 7.89. The fourth-order valence-electron chi connectivity index (χ4n) is 4.64. The minimum Gasteiger partial charge on any atom is -0.497 e. The molecule has 2 aliphatic heterocycles. The fraction of sp³-hybridized carbons (Fsp3) is 0.480. The highest BCUT2D eigenvalue weighted by Gasteiger charge is 2.33. The Labute approximate surface area is 196 Å². The summed E-state index contributed by atoms with van der Waals surface area (Å²) < 4.78 is 32.7. The number of methoxy groups -OCH3 is 1. The maximum atomic E-state index is 13.1. The second-order valence-electron chi connectivity index (χ2n) is 8.90. The molecule has 0 unspecified atom stereocenters. The van der Waals surface area contributed by atoms with Crippen molar-refractivity contribution in [3.05, 3.63) is 59.7 Å². The van der Waals surface area contributed by atoms with E-state index in [9.17, 15) is 13.2 Å². The Morgan fingerprint density at radius 1 is 1.03 bits per heavy atom. The molecule has 2 aromatic rings. The average Bonchev–Trinajstić information content (AvgIpc) is 3.36. The van der Waals surface area contributed by atoms with Crippen molar-refractivity contribution in [1.82, 2.24) is 14.5 Å². The van der Waals surface area contributed by atoms with Crippen LogP contribution in [-0.2, 0) is 27.9 Å². The molecule has 0 aromatic heterocycles. The Balaban J connectivity index is 1.34. The van der Waals surface area contributed by atoms with Crippen LogP contribution in [0.2, 0.25) is 0 Å². The predicted octanol–water partition coefficient (Wildman–Crippen LogP) is 3.01. The maximum Gasteiger partial charge on any atom is 0.243 e. The largest absolute Gasteiger partial charge is 0.497 e. The summed E-state index contributed by atoms with van der Waals surface area (Å²) in [5.74, 6) is 0.170. The van der Waals surface area contributed by atoms with Gasteiger partial charge in [-0.25, -0.2) is 8.42 Å². The zero-order valence-electron chi connectivity index (χ0n) is 19.2. The van der Waals surface area contributed by atoms with E-state index in [0.717, 1.165) is 25.2 Å². The lowest BCUT2D eigenvalue weighted by molar-refractivity contribution is -0.126. The standard InChI is InChI=1S/C25H33N3O4S/c1-32-23-9-11-24(12-10-23)33(30,31)28-15-5-8-22(19-28)25(29)26-17-20-6-4-7-21(16-20)18-27-13-2-3-14-27/h4,6-7,9-12,16,22H,2-3,5,8,13-15,17-19H2,1H3,(H,26,29)/t22-/m1/s1. The third kappa shape index (κ3) is 5.93. The van der Waals surface area contributed by atoms with Crippen LogP contribution in [0, 0.1) is 5.92 Å². The number of hydrogen-bond donors (Lipinski definition) is 1. The molecule has 0 spiro atoms. The van der Waals surface area contributed by atoms with E-state index in [1.165, 1.54) is 22.7 Å². The Morgan fingerprint density at radius 3 is 2.48 bits per heavy atom. The molecule has 1 amide bonds. The molecule has 2 saturated heterocycles. The molecule has 2 heterocycles. The summed E-state index contributed by atoms with van der Waals surface area (Å²) >= 11 is 0. The van der Waals surface area contributed by atoms with Gasteiger partial charge in [-0.15, -0.1) is 0 Å². The number of nitrogens with one attached hydrogen (secondary N) is 1. The van der Waals surface area contributed by atoms with Gasteiger partial charge in [-0.05, 0) is 74.2 Å². The predicted molar refractivity (Wildman–Crippen MR) is 127 cm³/mol. The van der Waals surface area contributed by atoms with Crippen LogP contribution in [0.15, 0.2) is 53.4 Å². The molecule has 0 radical (unpaired) electrons. The first-order chi connectivity index (χ1) is 16.0. The van der Waals surface area contributed by atoms with E-state index in [2.05, 4.69) is 22.3 Å². The van der Waals surface area contributed by atoms with E-state index >= 15 is 0 Å². The minimum atomic E-state index is -3.64. The summed E-state index contributed by atoms with van der Waals surface area (Å²) in [6.45, 7) is 4.33. The molecular formula is C25H33N3O4S. The number of ether oxygens (including phenoxy) is 1. The first-order valence-corrected chi connectivity index (χ1v) is 13.1. The third-order valence-electron chi connectivity index (χ3n) is 6.52. The second kappa shape index (κ2) is 10.7. The monoisotopic (exact) mass is 471 g/mol. The van der Waals surface area contributed by atoms with Gasteiger partial charge >= 0.3 is 0 Å². The van der Waals surface area contributed by atoms with Crippen molar-refractivity contribution in [1.29, 1.82) is 0 Å². The summed E-state index contributed by atoms with van der Waals surface area (Å²) in [4.78, 5) is 15.5. The number of nitrogens with zero attached hydrogens (tertiary/aromatic N) is 2. The highest BCUT2D eigenvalue weighted by Crippen LogP contribution is 2.25. The topological polar surface area (TPSA) is 79.0 Å². The van der Waals surface area contributed by atoms with E-state index < -0.39 is 10.0 Å². The van der Waals surface area contributed by atoms with Gasteiger partial charge in [0, 0.05) is 26.2 Å². The van der Waals surface area contributed by atoms with Crippen LogP contribution in [-0.4, -0.2) is 56.8 Å². The summed E-state index contributed by atoms with van der Waals surface area (Å²) in [6.07, 6.45) is 3.89. The van der Waals surface area contributed by atoms with Crippen LogP contribution >= 0.6 is 0 Å². The summed E-state index contributed by atoms with van der Waals surface area (Å²) in [5.41, 5.74) is 2.33.